The molecule has 17 heteroatoms. The molecule has 3 heterocycles. The van der Waals surface area contributed by atoms with Gasteiger partial charge >= 0.3 is 12.4 Å². The molecule has 12 nitrogen and oxygen atoms in total. The van der Waals surface area contributed by atoms with E-state index in [1.54, 1.807) is 36.4 Å². The number of benzene rings is 2. The normalized spacial score (nSPS) is 17.2. The molecule has 0 fully saturated rings. The molecule has 4 aromatic rings. The van der Waals surface area contributed by atoms with Crippen molar-refractivity contribution in [3.05, 3.63) is 87.1 Å². The van der Waals surface area contributed by atoms with Crippen molar-refractivity contribution in [1.82, 2.24) is 34.8 Å². The van der Waals surface area contributed by atoms with Crippen molar-refractivity contribution < 1.29 is 27.5 Å². The predicted octanol–water partition coefficient (Wildman–Crippen LogP) is 5.84. The van der Waals surface area contributed by atoms with E-state index in [4.69, 9.17) is 23.2 Å². The lowest BCUT2D eigenvalue weighted by Crippen LogP contribution is -2.47. The van der Waals surface area contributed by atoms with Crippen LogP contribution in [0.3, 0.4) is 0 Å². The summed E-state index contributed by atoms with van der Waals surface area (Å²) in [6, 6.07) is 11.9. The van der Waals surface area contributed by atoms with E-state index in [9.17, 15) is 27.6 Å². The van der Waals surface area contributed by atoms with Crippen molar-refractivity contribution in [2.75, 3.05) is 25.5 Å². The Morgan fingerprint density at radius 2 is 1.92 bits per heavy atom. The quantitative estimate of drug-likeness (QED) is 0.239. The molecule has 0 aliphatic carbocycles. The Balaban J connectivity index is 1.45. The fourth-order valence-electron chi connectivity index (χ4n) is 5.50. The van der Waals surface area contributed by atoms with Gasteiger partial charge in [-0.25, -0.2) is 19.4 Å². The van der Waals surface area contributed by atoms with E-state index in [1.807, 2.05) is 6.07 Å². The molecule has 0 unspecified atom stereocenters. The first-order valence-electron chi connectivity index (χ1n) is 15.0. The van der Waals surface area contributed by atoms with Crippen LogP contribution in [-0.4, -0.2) is 74.0 Å². The molecule has 1 aliphatic rings. The molecule has 0 saturated carbocycles. The van der Waals surface area contributed by atoms with E-state index in [0.717, 1.165) is 12.7 Å². The van der Waals surface area contributed by atoms with E-state index in [1.165, 1.54) is 27.8 Å². The number of carbonyl (C=O) groups excluding carboxylic acids is 2. The Hall–Kier alpha value is -4.63. The second-order valence-electron chi connectivity index (χ2n) is 11.0. The third kappa shape index (κ3) is 8.26. The Morgan fingerprint density at radius 1 is 1.10 bits per heavy atom. The van der Waals surface area contributed by atoms with Gasteiger partial charge in [0.05, 0.1) is 37.1 Å². The zero-order chi connectivity index (χ0) is 34.4. The summed E-state index contributed by atoms with van der Waals surface area (Å²) >= 11 is 12.3. The van der Waals surface area contributed by atoms with Crippen molar-refractivity contribution in [1.29, 1.82) is 0 Å². The second kappa shape index (κ2) is 15.1. The monoisotopic (exact) mass is 706 g/mol. The number of alkyl halides is 3. The number of anilines is 1. The van der Waals surface area contributed by atoms with Gasteiger partial charge < -0.3 is 15.4 Å². The number of nitrogens with zero attached hydrogens (tertiary/aromatic N) is 6. The molecule has 2 bridgehead atoms. The highest BCUT2D eigenvalue weighted by molar-refractivity contribution is 6.31. The van der Waals surface area contributed by atoms with E-state index in [0.29, 0.717) is 59.9 Å². The lowest BCUT2D eigenvalue weighted by molar-refractivity contribution is -0.229. The third-order valence-corrected chi connectivity index (χ3v) is 8.25. The molecule has 2 aromatic heterocycles. The number of hydrogen-bond donors (Lipinski definition) is 2. The minimum Gasteiger partial charge on any atom is -0.453 e. The van der Waals surface area contributed by atoms with Crippen molar-refractivity contribution in [2.24, 2.45) is 0 Å². The summed E-state index contributed by atoms with van der Waals surface area (Å²) in [5, 5.41) is 14.2. The van der Waals surface area contributed by atoms with Crippen molar-refractivity contribution in [3.8, 4) is 16.9 Å². The largest absolute Gasteiger partial charge is 0.489 e. The van der Waals surface area contributed by atoms with Crippen LogP contribution in [0.15, 0.2) is 65.8 Å². The van der Waals surface area contributed by atoms with Crippen LogP contribution in [0.5, 0.6) is 0 Å². The van der Waals surface area contributed by atoms with Gasteiger partial charge in [0.25, 0.3) is 5.56 Å². The predicted molar refractivity (Wildman–Crippen MR) is 172 cm³/mol. The van der Waals surface area contributed by atoms with Gasteiger partial charge in [0, 0.05) is 35.4 Å². The van der Waals surface area contributed by atoms with E-state index in [-0.39, 0.29) is 22.0 Å². The number of rotatable bonds is 6. The van der Waals surface area contributed by atoms with Crippen molar-refractivity contribution in [2.45, 2.75) is 50.5 Å². The highest BCUT2D eigenvalue weighted by atomic mass is 35.5. The zero-order valence-electron chi connectivity index (χ0n) is 25.6. The molecule has 5 rings (SSSR count). The summed E-state index contributed by atoms with van der Waals surface area (Å²) in [7, 11) is 0.852. The first kappa shape index (κ1) is 34.7. The molecule has 254 valence electrons. The molecule has 0 saturated heterocycles. The minimum absolute atomic E-state index is 0.185. The summed E-state index contributed by atoms with van der Waals surface area (Å²) in [6.45, 7) is -0.510. The number of hydrogen-bond acceptors (Lipinski definition) is 8. The molecular weight excluding hydrogens is 676 g/mol. The SMILES string of the molecule is COC(=O)N(CC[C@H]1Nc2cccc(c2)[C@@H](n2cnc(-c3cc(Cl)ccc3-n3cc(Cl)nn3)cc2=O)CCCCCNC1=O)C(F)(F)F. The summed E-state index contributed by atoms with van der Waals surface area (Å²) in [5.41, 5.74) is 2.29. The molecular formula is C31H31Cl2F3N8O4. The molecule has 0 radical (unpaired) electrons. The van der Waals surface area contributed by atoms with Crippen LogP contribution in [0, 0.1) is 0 Å². The van der Waals surface area contributed by atoms with Crippen LogP contribution in [0.4, 0.5) is 23.7 Å². The third-order valence-electron chi connectivity index (χ3n) is 7.84. The molecule has 48 heavy (non-hydrogen) atoms. The zero-order valence-corrected chi connectivity index (χ0v) is 27.1. The van der Waals surface area contributed by atoms with Crippen LogP contribution >= 0.6 is 23.2 Å². The van der Waals surface area contributed by atoms with Gasteiger partial charge in [0.15, 0.2) is 5.15 Å². The lowest BCUT2D eigenvalue weighted by atomic mass is 9.99. The van der Waals surface area contributed by atoms with Gasteiger partial charge in [-0.15, -0.1) is 18.3 Å². The van der Waals surface area contributed by atoms with Gasteiger partial charge in [0.1, 0.15) is 6.04 Å². The smallest absolute Gasteiger partial charge is 0.453 e. The summed E-state index contributed by atoms with van der Waals surface area (Å²) in [5.74, 6) is -0.507. The average Bonchev–Trinajstić information content (AvgIpc) is 3.49. The fraction of sp³-hybridized carbons (Fsp3) is 0.355. The van der Waals surface area contributed by atoms with Crippen LogP contribution in [0.25, 0.3) is 16.9 Å². The van der Waals surface area contributed by atoms with Crippen LogP contribution in [0.1, 0.15) is 43.7 Å². The summed E-state index contributed by atoms with van der Waals surface area (Å²) in [4.78, 5) is 42.8. The molecule has 0 spiro atoms. The molecule has 2 aromatic carbocycles. The first-order chi connectivity index (χ1) is 22.9. The first-order valence-corrected chi connectivity index (χ1v) is 15.7. The number of ether oxygens (including phenoxy) is 1. The summed E-state index contributed by atoms with van der Waals surface area (Å²) in [6.07, 6.45) is -1.34. The summed E-state index contributed by atoms with van der Waals surface area (Å²) < 4.78 is 47.8. The molecule has 2 atom stereocenters. The Labute approximate surface area is 282 Å². The lowest BCUT2D eigenvalue weighted by Gasteiger charge is -2.26. The van der Waals surface area contributed by atoms with Gasteiger partial charge in [0.2, 0.25) is 5.91 Å². The van der Waals surface area contributed by atoms with E-state index >= 15 is 0 Å². The number of carbonyl (C=O) groups is 2. The topological polar surface area (TPSA) is 136 Å². The van der Waals surface area contributed by atoms with Gasteiger partial charge in [-0.05, 0) is 55.2 Å². The maximum Gasteiger partial charge on any atom is 0.489 e. The number of amides is 2. The highest BCUT2D eigenvalue weighted by Crippen LogP contribution is 2.30. The number of fused-ring (bicyclic) bond motifs is 2. The van der Waals surface area contributed by atoms with E-state index < -0.39 is 36.9 Å². The Morgan fingerprint density at radius 3 is 2.62 bits per heavy atom. The number of nitrogens with one attached hydrogen (secondary N) is 2. The maximum atomic E-state index is 13.7. The Kier molecular flexibility index (Phi) is 10.9. The highest BCUT2D eigenvalue weighted by Gasteiger charge is 2.42. The second-order valence-corrected chi connectivity index (χ2v) is 11.8. The maximum absolute atomic E-state index is 13.7. The molecule has 1 aliphatic heterocycles. The standard InChI is InChI=1S/C31H31Cl2F3N8O4/c1-48-30(47)43(31(34,35)36)13-11-23-29(46)37-12-4-2-3-8-25(19-6-5-7-21(14-19)39-23)42-18-38-24(16-28(42)45)22-15-20(32)9-10-26(22)44-17-27(33)40-41-44/h5-7,9-10,14-18,23,25,39H,2-4,8,11-13H2,1H3,(H,37,46)/t23-,25+/m1/s1. The number of aromatic nitrogens is 5. The Bertz CT molecular complexity index is 1830. The van der Waals surface area contributed by atoms with Crippen LogP contribution in [0.2, 0.25) is 10.2 Å². The number of methoxy groups -OCH3 is 1. The van der Waals surface area contributed by atoms with E-state index in [2.05, 4.69) is 30.7 Å². The van der Waals surface area contributed by atoms with Gasteiger partial charge in [-0.1, -0.05) is 53.4 Å². The van der Waals surface area contributed by atoms with Crippen LogP contribution < -0.4 is 16.2 Å². The molecule has 2 N–H and O–H groups in total. The fourth-order valence-corrected chi connectivity index (χ4v) is 5.80. The average molecular weight is 708 g/mol. The van der Waals surface area contributed by atoms with Crippen LogP contribution in [-0.2, 0) is 9.53 Å². The minimum atomic E-state index is -4.99. The van der Waals surface area contributed by atoms with Crippen molar-refractivity contribution in [3.63, 3.8) is 0 Å². The molecule has 2 amide bonds. The van der Waals surface area contributed by atoms with Gasteiger partial charge in [-0.3, -0.25) is 14.2 Å². The number of halogens is 5. The van der Waals surface area contributed by atoms with Crippen molar-refractivity contribution >= 4 is 40.9 Å². The van der Waals surface area contributed by atoms with Gasteiger partial charge in [-0.2, -0.15) is 0 Å².